The highest BCUT2D eigenvalue weighted by molar-refractivity contribution is 6.31. The Morgan fingerprint density at radius 3 is 2.14 bits per heavy atom. The summed E-state index contributed by atoms with van der Waals surface area (Å²) in [5.41, 5.74) is -0.156. The number of aryl methyl sites for hydroxylation is 1. The Morgan fingerprint density at radius 1 is 1.05 bits per heavy atom. The van der Waals surface area contributed by atoms with Gasteiger partial charge in [0.05, 0.1) is 5.56 Å². The predicted octanol–water partition coefficient (Wildman–Crippen LogP) is 4.89. The molecule has 0 aliphatic heterocycles. The van der Waals surface area contributed by atoms with Gasteiger partial charge in [0.15, 0.2) is 0 Å². The maximum absolute atomic E-state index is 13.5. The van der Waals surface area contributed by atoms with E-state index in [2.05, 4.69) is 0 Å². The highest BCUT2D eigenvalue weighted by Gasteiger charge is 2.34. The van der Waals surface area contributed by atoms with Crippen LogP contribution in [0.5, 0.6) is 0 Å². The molecule has 2 rings (SSSR count). The van der Waals surface area contributed by atoms with Crippen molar-refractivity contribution in [3.05, 3.63) is 69.5 Å². The van der Waals surface area contributed by atoms with Crippen LogP contribution < -0.4 is 0 Å². The number of aliphatic hydroxyl groups is 1. The lowest BCUT2D eigenvalue weighted by molar-refractivity contribution is -0.140. The second-order valence-electron chi connectivity index (χ2n) is 4.65. The van der Waals surface area contributed by atoms with Crippen LogP contribution in [-0.4, -0.2) is 5.11 Å². The number of hydrogen-bond acceptors (Lipinski definition) is 1. The summed E-state index contributed by atoms with van der Waals surface area (Å²) in [4.78, 5) is 0. The third kappa shape index (κ3) is 3.36. The number of halogens is 5. The van der Waals surface area contributed by atoms with Gasteiger partial charge in [-0.2, -0.15) is 13.2 Å². The molecule has 6 heteroatoms. The third-order valence-electron chi connectivity index (χ3n) is 3.13. The lowest BCUT2D eigenvalue weighted by atomic mass is 9.99. The quantitative estimate of drug-likeness (QED) is 0.782. The van der Waals surface area contributed by atoms with E-state index in [0.717, 1.165) is 11.6 Å². The Labute approximate surface area is 123 Å². The number of aliphatic hydroxyl groups excluding tert-OH is 1. The maximum Gasteiger partial charge on any atom is 0.419 e. The van der Waals surface area contributed by atoms with Crippen LogP contribution in [0.2, 0.25) is 5.02 Å². The minimum Gasteiger partial charge on any atom is -0.384 e. The fourth-order valence-corrected chi connectivity index (χ4v) is 2.09. The molecule has 2 aromatic carbocycles. The molecule has 0 spiro atoms. The predicted molar refractivity (Wildman–Crippen MR) is 71.7 cm³/mol. The molecule has 0 radical (unpaired) electrons. The fraction of sp³-hybridized carbons (Fsp3) is 0.200. The molecule has 0 aliphatic rings. The Bertz CT molecular complexity index is 667. The van der Waals surface area contributed by atoms with E-state index >= 15 is 0 Å². The van der Waals surface area contributed by atoms with Crippen LogP contribution in [0, 0.1) is 12.7 Å². The molecule has 0 amide bonds. The molecule has 1 N–H and O–H groups in total. The van der Waals surface area contributed by atoms with Gasteiger partial charge in [-0.1, -0.05) is 29.8 Å². The van der Waals surface area contributed by atoms with Crippen molar-refractivity contribution in [2.75, 3.05) is 0 Å². The number of hydrogen-bond donors (Lipinski definition) is 1. The van der Waals surface area contributed by atoms with E-state index in [0.29, 0.717) is 22.7 Å². The van der Waals surface area contributed by atoms with Gasteiger partial charge in [0, 0.05) is 5.02 Å². The summed E-state index contributed by atoms with van der Waals surface area (Å²) in [6.45, 7) is 1.77. The summed E-state index contributed by atoms with van der Waals surface area (Å²) in [6, 6.07) is 7.09. The van der Waals surface area contributed by atoms with Crippen LogP contribution >= 0.6 is 11.6 Å². The largest absolute Gasteiger partial charge is 0.419 e. The minimum absolute atomic E-state index is 0.0282. The summed E-state index contributed by atoms with van der Waals surface area (Å²) in [5, 5.41) is 10.5. The molecule has 0 saturated heterocycles. The van der Waals surface area contributed by atoms with Crippen molar-refractivity contribution in [1.82, 2.24) is 0 Å². The number of alkyl halides is 3. The van der Waals surface area contributed by atoms with Crippen LogP contribution in [-0.2, 0) is 6.18 Å². The minimum atomic E-state index is -4.76. The molecular weight excluding hydrogens is 308 g/mol. The van der Waals surface area contributed by atoms with E-state index in [4.69, 9.17) is 11.6 Å². The zero-order valence-electron chi connectivity index (χ0n) is 10.9. The monoisotopic (exact) mass is 318 g/mol. The Balaban J connectivity index is 2.38. The van der Waals surface area contributed by atoms with Gasteiger partial charge in [0.1, 0.15) is 11.9 Å². The van der Waals surface area contributed by atoms with E-state index in [-0.39, 0.29) is 5.56 Å². The number of benzene rings is 2. The van der Waals surface area contributed by atoms with Gasteiger partial charge in [-0.3, -0.25) is 0 Å². The summed E-state index contributed by atoms with van der Waals surface area (Å²) in [5.74, 6) is -1.42. The summed E-state index contributed by atoms with van der Waals surface area (Å²) in [6.07, 6.45) is -6.01. The lowest BCUT2D eigenvalue weighted by Crippen LogP contribution is -2.09. The van der Waals surface area contributed by atoms with Gasteiger partial charge in [0.25, 0.3) is 0 Å². The van der Waals surface area contributed by atoms with E-state index in [1.807, 2.05) is 0 Å². The molecule has 0 bridgehead atoms. The molecular formula is C15H11ClF4O. The van der Waals surface area contributed by atoms with Crippen molar-refractivity contribution in [1.29, 1.82) is 0 Å². The Morgan fingerprint density at radius 2 is 1.62 bits per heavy atom. The van der Waals surface area contributed by atoms with E-state index in [1.165, 1.54) is 6.07 Å². The van der Waals surface area contributed by atoms with Crippen LogP contribution in [0.25, 0.3) is 0 Å². The highest BCUT2D eigenvalue weighted by atomic mass is 35.5. The van der Waals surface area contributed by atoms with E-state index in [1.54, 1.807) is 19.1 Å². The molecule has 0 saturated carbocycles. The Hall–Kier alpha value is -1.59. The normalized spacial score (nSPS) is 13.3. The molecule has 0 fully saturated rings. The van der Waals surface area contributed by atoms with Crippen LogP contribution in [0.4, 0.5) is 17.6 Å². The molecule has 1 nitrogen and oxygen atoms in total. The first-order valence-electron chi connectivity index (χ1n) is 6.01. The second-order valence-corrected chi connectivity index (χ2v) is 5.06. The van der Waals surface area contributed by atoms with Gasteiger partial charge in [-0.05, 0) is 41.8 Å². The van der Waals surface area contributed by atoms with Crippen molar-refractivity contribution in [3.63, 3.8) is 0 Å². The molecule has 21 heavy (non-hydrogen) atoms. The summed E-state index contributed by atoms with van der Waals surface area (Å²) < 4.78 is 51.0. The molecule has 2 aromatic rings. The summed E-state index contributed by atoms with van der Waals surface area (Å²) in [7, 11) is 0. The average molecular weight is 319 g/mol. The molecule has 0 heterocycles. The van der Waals surface area contributed by atoms with E-state index < -0.39 is 23.7 Å². The van der Waals surface area contributed by atoms with Crippen molar-refractivity contribution in [2.45, 2.75) is 19.2 Å². The van der Waals surface area contributed by atoms with Gasteiger partial charge in [-0.15, -0.1) is 0 Å². The average Bonchev–Trinajstić information content (AvgIpc) is 2.39. The van der Waals surface area contributed by atoms with Crippen molar-refractivity contribution >= 4 is 11.6 Å². The topological polar surface area (TPSA) is 20.2 Å². The van der Waals surface area contributed by atoms with Crippen LogP contribution in [0.15, 0.2) is 36.4 Å². The maximum atomic E-state index is 13.5. The first kappa shape index (κ1) is 15.8. The zero-order chi connectivity index (χ0) is 15.8. The van der Waals surface area contributed by atoms with Gasteiger partial charge in [-0.25, -0.2) is 4.39 Å². The van der Waals surface area contributed by atoms with Crippen LogP contribution in [0.1, 0.15) is 28.4 Å². The first-order valence-corrected chi connectivity index (χ1v) is 6.38. The zero-order valence-corrected chi connectivity index (χ0v) is 11.6. The Kier molecular flexibility index (Phi) is 4.25. The van der Waals surface area contributed by atoms with E-state index in [9.17, 15) is 22.7 Å². The SMILES string of the molecule is Cc1ccc(C(O)c2ccc(C(F)(F)F)c(F)c2)cc1Cl. The van der Waals surface area contributed by atoms with Crippen molar-refractivity contribution < 1.29 is 22.7 Å². The third-order valence-corrected chi connectivity index (χ3v) is 3.53. The van der Waals surface area contributed by atoms with Crippen molar-refractivity contribution in [3.8, 4) is 0 Å². The van der Waals surface area contributed by atoms with Gasteiger partial charge >= 0.3 is 6.18 Å². The van der Waals surface area contributed by atoms with Crippen molar-refractivity contribution in [2.24, 2.45) is 0 Å². The molecule has 1 unspecified atom stereocenters. The molecule has 0 aliphatic carbocycles. The smallest absolute Gasteiger partial charge is 0.384 e. The standard InChI is InChI=1S/C15H11ClF4O/c1-8-2-3-9(6-12(8)16)14(21)10-4-5-11(13(17)7-10)15(18,19)20/h2-7,14,21H,1H3. The second kappa shape index (κ2) is 5.66. The fourth-order valence-electron chi connectivity index (χ4n) is 1.90. The molecule has 0 aromatic heterocycles. The summed E-state index contributed by atoms with van der Waals surface area (Å²) >= 11 is 5.93. The highest BCUT2D eigenvalue weighted by Crippen LogP contribution is 2.33. The molecule has 112 valence electrons. The first-order chi connectivity index (χ1) is 9.70. The molecule has 1 atom stereocenters. The number of rotatable bonds is 2. The van der Waals surface area contributed by atoms with Gasteiger partial charge < -0.3 is 5.11 Å². The van der Waals surface area contributed by atoms with Gasteiger partial charge in [0.2, 0.25) is 0 Å². The lowest BCUT2D eigenvalue weighted by Gasteiger charge is -2.15. The van der Waals surface area contributed by atoms with Crippen LogP contribution in [0.3, 0.4) is 0 Å².